The van der Waals surface area contributed by atoms with E-state index >= 15 is 0 Å². The van der Waals surface area contributed by atoms with Gasteiger partial charge in [0.05, 0.1) is 0 Å². The van der Waals surface area contributed by atoms with Crippen LogP contribution in [0, 0.1) is 0 Å². The number of thioether (sulfide) groups is 1. The van der Waals surface area contributed by atoms with E-state index in [-0.39, 0.29) is 24.1 Å². The zero-order valence-corrected chi connectivity index (χ0v) is 13.7. The minimum absolute atomic E-state index is 0.0775. The molecule has 0 spiro atoms. The van der Waals surface area contributed by atoms with E-state index in [1.54, 1.807) is 11.8 Å². The highest BCUT2D eigenvalue weighted by Gasteiger charge is 2.19. The fourth-order valence-corrected chi connectivity index (χ4v) is 2.94. The number of carbonyl (C=O) groups excluding carboxylic acids is 2. The maximum absolute atomic E-state index is 11.6. The lowest BCUT2D eigenvalue weighted by molar-refractivity contribution is -0.119. The molecule has 0 aliphatic carbocycles. The zero-order valence-electron chi connectivity index (χ0n) is 12.8. The van der Waals surface area contributed by atoms with Gasteiger partial charge in [-0.25, -0.2) is 4.79 Å². The second-order valence-corrected chi connectivity index (χ2v) is 6.30. The highest BCUT2D eigenvalue weighted by molar-refractivity contribution is 8.14. The lowest BCUT2D eigenvalue weighted by atomic mass is 10.2. The van der Waals surface area contributed by atoms with E-state index in [0.717, 1.165) is 22.0 Å². The summed E-state index contributed by atoms with van der Waals surface area (Å²) in [5, 5.41) is 9.22. The first kappa shape index (κ1) is 16.4. The van der Waals surface area contributed by atoms with Gasteiger partial charge in [0.1, 0.15) is 11.2 Å². The smallest absolute Gasteiger partial charge is 0.319 e. The van der Waals surface area contributed by atoms with E-state index in [0.29, 0.717) is 0 Å². The molecule has 1 heterocycles. The number of carbonyl (C=O) groups is 2. The Labute approximate surface area is 134 Å². The molecule has 0 fully saturated rings. The average Bonchev–Trinajstić information content (AvgIpc) is 2.86. The summed E-state index contributed by atoms with van der Waals surface area (Å²) >= 11 is 1.61. The highest BCUT2D eigenvalue weighted by atomic mass is 32.2. The van der Waals surface area contributed by atoms with Gasteiger partial charge in [-0.1, -0.05) is 12.1 Å². The minimum atomic E-state index is -0.221. The predicted octanol–water partition coefficient (Wildman–Crippen LogP) is 2.17. The number of aliphatic imine (C=N–C) groups is 1. The summed E-state index contributed by atoms with van der Waals surface area (Å²) in [4.78, 5) is 27.1. The molecular weight excluding hydrogens is 300 g/mol. The first-order chi connectivity index (χ1) is 10.4. The number of anilines is 1. The van der Waals surface area contributed by atoms with Crippen LogP contribution in [0.3, 0.4) is 0 Å². The van der Waals surface area contributed by atoms with Crippen molar-refractivity contribution < 1.29 is 9.59 Å². The van der Waals surface area contributed by atoms with Crippen molar-refractivity contribution in [2.24, 2.45) is 4.99 Å². The quantitative estimate of drug-likeness (QED) is 0.795. The molecule has 0 radical (unpaired) electrons. The van der Waals surface area contributed by atoms with Crippen LogP contribution in [0.5, 0.6) is 0 Å². The molecule has 0 bridgehead atoms. The average molecular weight is 320 g/mol. The fraction of sp³-hybridized carbons (Fsp3) is 0.400. The van der Waals surface area contributed by atoms with E-state index in [4.69, 9.17) is 0 Å². The normalized spacial score (nSPS) is 17.1. The highest BCUT2D eigenvalue weighted by Crippen LogP contribution is 2.23. The maximum Gasteiger partial charge on any atom is 0.319 e. The summed E-state index contributed by atoms with van der Waals surface area (Å²) in [6.07, 6.45) is -0.160. The molecule has 0 saturated carbocycles. The summed E-state index contributed by atoms with van der Waals surface area (Å²) in [5.74, 6) is 0.664. The summed E-state index contributed by atoms with van der Waals surface area (Å²) < 4.78 is 0. The van der Waals surface area contributed by atoms with E-state index in [1.807, 2.05) is 38.1 Å². The number of benzene rings is 1. The zero-order chi connectivity index (χ0) is 16.1. The van der Waals surface area contributed by atoms with Crippen molar-refractivity contribution in [1.29, 1.82) is 0 Å². The van der Waals surface area contributed by atoms with Crippen molar-refractivity contribution in [1.82, 2.24) is 10.6 Å². The SMILES string of the molecule is CC(=O)NC1CSC(c2ccc(NC(=O)NC(C)C)cc2)=N1. The fourth-order valence-electron chi connectivity index (χ4n) is 1.97. The number of nitrogens with one attached hydrogen (secondary N) is 3. The van der Waals surface area contributed by atoms with Gasteiger partial charge in [0, 0.05) is 30.0 Å². The van der Waals surface area contributed by atoms with Crippen LogP contribution in [0.25, 0.3) is 0 Å². The summed E-state index contributed by atoms with van der Waals surface area (Å²) in [6, 6.07) is 7.36. The van der Waals surface area contributed by atoms with Crippen LogP contribution < -0.4 is 16.0 Å². The van der Waals surface area contributed by atoms with Crippen LogP contribution in [0.15, 0.2) is 29.3 Å². The number of hydrogen-bond donors (Lipinski definition) is 3. The Kier molecular flexibility index (Phi) is 5.43. The van der Waals surface area contributed by atoms with Crippen molar-refractivity contribution in [3.05, 3.63) is 29.8 Å². The van der Waals surface area contributed by atoms with Crippen molar-refractivity contribution in [3.63, 3.8) is 0 Å². The van der Waals surface area contributed by atoms with Crippen LogP contribution >= 0.6 is 11.8 Å². The number of urea groups is 1. The molecular formula is C15H20N4O2S. The third-order valence-corrected chi connectivity index (χ3v) is 3.93. The molecule has 1 aliphatic heterocycles. The molecule has 3 N–H and O–H groups in total. The molecule has 118 valence electrons. The molecule has 1 unspecified atom stereocenters. The third-order valence-electron chi connectivity index (χ3n) is 2.83. The number of nitrogens with zero attached hydrogens (tertiary/aromatic N) is 1. The second kappa shape index (κ2) is 7.31. The lowest BCUT2D eigenvalue weighted by Gasteiger charge is -2.10. The van der Waals surface area contributed by atoms with Crippen molar-refractivity contribution in [2.75, 3.05) is 11.1 Å². The maximum atomic E-state index is 11.6. The summed E-state index contributed by atoms with van der Waals surface area (Å²) in [6.45, 7) is 5.30. The Morgan fingerprint density at radius 1 is 1.27 bits per heavy atom. The molecule has 6 nitrogen and oxygen atoms in total. The van der Waals surface area contributed by atoms with Gasteiger partial charge in [0.15, 0.2) is 0 Å². The largest absolute Gasteiger partial charge is 0.336 e. The van der Waals surface area contributed by atoms with Gasteiger partial charge in [-0.3, -0.25) is 9.79 Å². The number of hydrogen-bond acceptors (Lipinski definition) is 4. The molecule has 2 rings (SSSR count). The molecule has 1 atom stereocenters. The Morgan fingerprint density at radius 3 is 2.55 bits per heavy atom. The van der Waals surface area contributed by atoms with Gasteiger partial charge < -0.3 is 16.0 Å². The van der Waals surface area contributed by atoms with Crippen LogP contribution in [-0.2, 0) is 4.79 Å². The monoisotopic (exact) mass is 320 g/mol. The van der Waals surface area contributed by atoms with E-state index in [1.165, 1.54) is 6.92 Å². The predicted molar refractivity (Wildman–Crippen MR) is 90.3 cm³/mol. The van der Waals surface area contributed by atoms with Gasteiger partial charge in [-0.15, -0.1) is 11.8 Å². The molecule has 1 aromatic rings. The summed E-state index contributed by atoms with van der Waals surface area (Å²) in [7, 11) is 0. The Bertz CT molecular complexity index is 584. The topological polar surface area (TPSA) is 82.6 Å². The lowest BCUT2D eigenvalue weighted by Crippen LogP contribution is -2.34. The van der Waals surface area contributed by atoms with Crippen LogP contribution in [-0.4, -0.2) is 34.9 Å². The standard InChI is InChI=1S/C15H20N4O2S/c1-9(2)16-15(21)18-12-6-4-11(5-7-12)14-19-13(8-22-14)17-10(3)20/h4-7,9,13H,8H2,1-3H3,(H,17,20)(H2,16,18,21). The molecule has 0 saturated heterocycles. The van der Waals surface area contributed by atoms with E-state index in [2.05, 4.69) is 20.9 Å². The molecule has 1 aromatic carbocycles. The van der Waals surface area contributed by atoms with Gasteiger partial charge in [-0.2, -0.15) is 0 Å². The number of rotatable bonds is 4. The van der Waals surface area contributed by atoms with Crippen molar-refractivity contribution in [3.8, 4) is 0 Å². The Hall–Kier alpha value is -2.02. The Morgan fingerprint density at radius 2 is 1.95 bits per heavy atom. The summed E-state index contributed by atoms with van der Waals surface area (Å²) in [5.41, 5.74) is 1.71. The van der Waals surface area contributed by atoms with Gasteiger partial charge >= 0.3 is 6.03 Å². The van der Waals surface area contributed by atoms with Gasteiger partial charge in [-0.05, 0) is 26.0 Å². The van der Waals surface area contributed by atoms with E-state index < -0.39 is 0 Å². The molecule has 7 heteroatoms. The second-order valence-electron chi connectivity index (χ2n) is 5.29. The van der Waals surface area contributed by atoms with Crippen molar-refractivity contribution in [2.45, 2.75) is 33.0 Å². The first-order valence-corrected chi connectivity index (χ1v) is 8.08. The molecule has 3 amide bonds. The molecule has 22 heavy (non-hydrogen) atoms. The van der Waals surface area contributed by atoms with Gasteiger partial charge in [0.25, 0.3) is 0 Å². The molecule has 1 aliphatic rings. The van der Waals surface area contributed by atoms with Gasteiger partial charge in [0.2, 0.25) is 5.91 Å². The minimum Gasteiger partial charge on any atom is -0.336 e. The number of amides is 3. The first-order valence-electron chi connectivity index (χ1n) is 7.09. The molecule has 0 aromatic heterocycles. The van der Waals surface area contributed by atoms with E-state index in [9.17, 15) is 9.59 Å². The van der Waals surface area contributed by atoms with Crippen LogP contribution in [0.4, 0.5) is 10.5 Å². The third kappa shape index (κ3) is 4.77. The Balaban J connectivity index is 1.97. The van der Waals surface area contributed by atoms with Crippen LogP contribution in [0.1, 0.15) is 26.3 Å². The van der Waals surface area contributed by atoms with Crippen molar-refractivity contribution >= 4 is 34.4 Å². The van der Waals surface area contributed by atoms with Crippen LogP contribution in [0.2, 0.25) is 0 Å².